The van der Waals surface area contributed by atoms with E-state index in [-0.39, 0.29) is 17.8 Å². The van der Waals surface area contributed by atoms with E-state index in [2.05, 4.69) is 26.3 Å². The van der Waals surface area contributed by atoms with Crippen LogP contribution in [0.5, 0.6) is 0 Å². The van der Waals surface area contributed by atoms with Gasteiger partial charge in [0.15, 0.2) is 0 Å². The second-order valence-corrected chi connectivity index (χ2v) is 7.30. The third-order valence-corrected chi connectivity index (χ3v) is 4.72. The maximum absolute atomic E-state index is 12.5. The molecule has 0 aliphatic carbocycles. The van der Waals surface area contributed by atoms with Crippen LogP contribution in [-0.4, -0.2) is 28.8 Å². The molecule has 0 aliphatic rings. The lowest BCUT2D eigenvalue weighted by atomic mass is 10.1. The van der Waals surface area contributed by atoms with Gasteiger partial charge in [0.1, 0.15) is 6.54 Å². The highest BCUT2D eigenvalue weighted by Gasteiger charge is 2.15. The molecule has 0 unspecified atom stereocenters. The summed E-state index contributed by atoms with van der Waals surface area (Å²) in [6, 6.07) is 14.7. The van der Waals surface area contributed by atoms with Crippen molar-refractivity contribution in [2.24, 2.45) is 0 Å². The molecule has 0 aliphatic heterocycles. The van der Waals surface area contributed by atoms with Crippen LogP contribution < -0.4 is 10.9 Å². The molecule has 1 N–H and O–H groups in total. The van der Waals surface area contributed by atoms with Gasteiger partial charge in [-0.05, 0) is 36.4 Å². The highest BCUT2D eigenvalue weighted by Crippen LogP contribution is 2.22. The third kappa shape index (κ3) is 5.10. The Morgan fingerprint density at radius 2 is 1.86 bits per heavy atom. The molecule has 148 valence electrons. The first-order chi connectivity index (χ1) is 13.9. The van der Waals surface area contributed by atoms with Gasteiger partial charge in [-0.3, -0.25) is 9.59 Å². The van der Waals surface area contributed by atoms with Crippen LogP contribution in [0, 0.1) is 0 Å². The number of nitrogens with one attached hydrogen (secondary N) is 1. The molecule has 0 fully saturated rings. The Balaban J connectivity index is 1.84. The van der Waals surface area contributed by atoms with Crippen molar-refractivity contribution in [2.75, 3.05) is 12.4 Å². The Labute approximate surface area is 179 Å². The van der Waals surface area contributed by atoms with Gasteiger partial charge >= 0.3 is 5.97 Å². The number of carbonyl (C=O) groups excluding carboxylic acids is 2. The molecule has 1 heterocycles. The molecule has 9 heteroatoms. The zero-order valence-corrected chi connectivity index (χ0v) is 17.5. The zero-order chi connectivity index (χ0) is 21.0. The molecule has 29 heavy (non-hydrogen) atoms. The molecule has 7 nitrogen and oxygen atoms in total. The number of halogens is 2. The average molecular weight is 477 g/mol. The van der Waals surface area contributed by atoms with E-state index < -0.39 is 17.4 Å². The minimum Gasteiger partial charge on any atom is -0.465 e. The lowest BCUT2D eigenvalue weighted by molar-refractivity contribution is -0.117. The van der Waals surface area contributed by atoms with Gasteiger partial charge in [0.2, 0.25) is 5.91 Å². The number of aromatic nitrogens is 2. The van der Waals surface area contributed by atoms with Crippen LogP contribution in [0.1, 0.15) is 10.4 Å². The minimum absolute atomic E-state index is 0.147. The summed E-state index contributed by atoms with van der Waals surface area (Å²) in [5.74, 6) is -1.16. The lowest BCUT2D eigenvalue weighted by Crippen LogP contribution is -2.29. The average Bonchev–Trinajstić information content (AvgIpc) is 2.70. The number of anilines is 1. The topological polar surface area (TPSA) is 90.3 Å². The number of methoxy groups -OCH3 is 1. The van der Waals surface area contributed by atoms with Crippen LogP contribution in [0.4, 0.5) is 5.69 Å². The first-order valence-corrected chi connectivity index (χ1v) is 9.56. The van der Waals surface area contributed by atoms with E-state index in [4.69, 9.17) is 16.3 Å². The second-order valence-electron chi connectivity index (χ2n) is 5.95. The smallest absolute Gasteiger partial charge is 0.339 e. The standard InChI is InChI=1S/C20H15BrClN3O4/c1-29-20(28)15-7-6-14(22)10-17(15)23-18(26)11-25-19(27)9-8-16(24-25)12-2-4-13(21)5-3-12/h2-10H,11H2,1H3,(H,23,26). The van der Waals surface area contributed by atoms with Gasteiger partial charge in [-0.2, -0.15) is 5.10 Å². The van der Waals surface area contributed by atoms with Crippen molar-refractivity contribution in [3.63, 3.8) is 0 Å². The number of hydrogen-bond donors (Lipinski definition) is 1. The molecule has 0 spiro atoms. The molecule has 3 aromatic rings. The molecule has 0 radical (unpaired) electrons. The third-order valence-electron chi connectivity index (χ3n) is 3.96. The van der Waals surface area contributed by atoms with Crippen LogP contribution in [-0.2, 0) is 16.1 Å². The first kappa shape index (κ1) is 20.8. The van der Waals surface area contributed by atoms with Crippen LogP contribution in [0.2, 0.25) is 5.02 Å². The van der Waals surface area contributed by atoms with Gasteiger partial charge in [0.25, 0.3) is 5.56 Å². The minimum atomic E-state index is -0.621. The molecule has 3 rings (SSSR count). The highest BCUT2D eigenvalue weighted by atomic mass is 79.9. The van der Waals surface area contributed by atoms with E-state index in [1.165, 1.54) is 31.4 Å². The summed E-state index contributed by atoms with van der Waals surface area (Å²) in [5.41, 5.74) is 1.24. The summed E-state index contributed by atoms with van der Waals surface area (Å²) in [6.07, 6.45) is 0. The Morgan fingerprint density at radius 1 is 1.14 bits per heavy atom. The number of esters is 1. The van der Waals surface area contributed by atoms with Gasteiger partial charge in [-0.1, -0.05) is 39.7 Å². The second kappa shape index (κ2) is 9.02. The molecule has 0 saturated heterocycles. The summed E-state index contributed by atoms with van der Waals surface area (Å²) in [7, 11) is 1.24. The van der Waals surface area contributed by atoms with Gasteiger partial charge < -0.3 is 10.1 Å². The lowest BCUT2D eigenvalue weighted by Gasteiger charge is -2.11. The van der Waals surface area contributed by atoms with E-state index in [0.29, 0.717) is 10.7 Å². The van der Waals surface area contributed by atoms with Gasteiger partial charge in [0, 0.05) is 21.1 Å². The largest absolute Gasteiger partial charge is 0.465 e. The Morgan fingerprint density at radius 3 is 2.55 bits per heavy atom. The predicted octanol–water partition coefficient (Wildman–Crippen LogP) is 3.75. The summed E-state index contributed by atoms with van der Waals surface area (Å²) < 4.78 is 6.67. The quantitative estimate of drug-likeness (QED) is 0.567. The molecule has 0 saturated carbocycles. The molecule has 1 amide bonds. The predicted molar refractivity (Wildman–Crippen MR) is 113 cm³/mol. The molecule has 0 atom stereocenters. The van der Waals surface area contributed by atoms with E-state index >= 15 is 0 Å². The summed E-state index contributed by atoms with van der Waals surface area (Å²) in [6.45, 7) is -0.337. The SMILES string of the molecule is COC(=O)c1ccc(Cl)cc1NC(=O)Cn1nc(-c2ccc(Br)cc2)ccc1=O. The van der Waals surface area contributed by atoms with Crippen molar-refractivity contribution in [2.45, 2.75) is 6.54 Å². The van der Waals surface area contributed by atoms with E-state index in [0.717, 1.165) is 14.7 Å². The number of rotatable bonds is 5. The number of carbonyl (C=O) groups is 2. The number of benzene rings is 2. The van der Waals surface area contributed by atoms with Crippen molar-refractivity contribution in [1.29, 1.82) is 0 Å². The number of hydrogen-bond acceptors (Lipinski definition) is 5. The molecule has 0 bridgehead atoms. The fourth-order valence-corrected chi connectivity index (χ4v) is 3.01. The van der Waals surface area contributed by atoms with Crippen molar-refractivity contribution >= 4 is 45.1 Å². The fraction of sp³-hybridized carbons (Fsp3) is 0.100. The monoisotopic (exact) mass is 475 g/mol. The fourth-order valence-electron chi connectivity index (χ4n) is 2.57. The van der Waals surface area contributed by atoms with Crippen molar-refractivity contribution in [1.82, 2.24) is 9.78 Å². The van der Waals surface area contributed by atoms with Crippen LogP contribution in [0.15, 0.2) is 63.9 Å². The maximum Gasteiger partial charge on any atom is 0.339 e. The molecular formula is C20H15BrClN3O4. The Kier molecular flexibility index (Phi) is 6.46. The van der Waals surface area contributed by atoms with Crippen LogP contribution in [0.25, 0.3) is 11.3 Å². The summed E-state index contributed by atoms with van der Waals surface area (Å²) in [4.78, 5) is 36.5. The molecule has 1 aromatic heterocycles. The van der Waals surface area contributed by atoms with E-state index in [1.807, 2.05) is 24.3 Å². The van der Waals surface area contributed by atoms with Gasteiger partial charge in [-0.15, -0.1) is 0 Å². The number of nitrogens with zero attached hydrogens (tertiary/aromatic N) is 2. The van der Waals surface area contributed by atoms with E-state index in [9.17, 15) is 14.4 Å². The zero-order valence-electron chi connectivity index (χ0n) is 15.2. The molecule has 2 aromatic carbocycles. The van der Waals surface area contributed by atoms with Gasteiger partial charge in [0.05, 0.1) is 24.1 Å². The first-order valence-electron chi connectivity index (χ1n) is 8.39. The highest BCUT2D eigenvalue weighted by molar-refractivity contribution is 9.10. The van der Waals surface area contributed by atoms with E-state index in [1.54, 1.807) is 6.07 Å². The van der Waals surface area contributed by atoms with Crippen molar-refractivity contribution in [3.05, 3.63) is 80.0 Å². The molecular weight excluding hydrogens is 462 g/mol. The summed E-state index contributed by atoms with van der Waals surface area (Å²) in [5, 5.41) is 7.17. The summed E-state index contributed by atoms with van der Waals surface area (Å²) >= 11 is 9.32. The van der Waals surface area contributed by atoms with Crippen molar-refractivity contribution in [3.8, 4) is 11.3 Å². The number of amides is 1. The maximum atomic E-state index is 12.5. The van der Waals surface area contributed by atoms with Crippen LogP contribution in [0.3, 0.4) is 0 Å². The van der Waals surface area contributed by atoms with Gasteiger partial charge in [-0.25, -0.2) is 9.48 Å². The Hall–Kier alpha value is -2.97. The van der Waals surface area contributed by atoms with Crippen LogP contribution >= 0.6 is 27.5 Å². The van der Waals surface area contributed by atoms with Crippen molar-refractivity contribution < 1.29 is 14.3 Å². The number of ether oxygens (including phenoxy) is 1. The Bertz CT molecular complexity index is 1130. The normalized spacial score (nSPS) is 10.4.